The number of esters is 1. The van der Waals surface area contributed by atoms with Crippen molar-refractivity contribution in [2.45, 2.75) is 6.92 Å². The summed E-state index contributed by atoms with van der Waals surface area (Å²) in [6.45, 7) is 0.572. The monoisotopic (exact) mass is 463 g/mol. The molecule has 0 spiro atoms. The summed E-state index contributed by atoms with van der Waals surface area (Å²) in [5, 5.41) is 14.4. The minimum absolute atomic E-state index is 0.105. The molecule has 0 heterocycles. The summed E-state index contributed by atoms with van der Waals surface area (Å²) in [4.78, 5) is 34.2. The molecule has 0 bridgehead atoms. The van der Waals surface area contributed by atoms with Crippen LogP contribution in [-0.2, 0) is 24.3 Å². The standard InChI is InChI=1S/C20H21N3O8S/c1-2-30-16-8-9-17(18(12-16)23(26)27)22-19(24)14-31-20(25)13-21-32(28,29)11-10-15-6-4-3-5-7-15/h3-12,21H,2,13-14H2,1H3,(H,22,24)/b11-10+. The SMILES string of the molecule is CCOc1ccc(NC(=O)COC(=O)CNS(=O)(=O)/C=C/c2ccccc2)c([N+](=O)[O-])c1. The van der Waals surface area contributed by atoms with E-state index in [9.17, 15) is 28.1 Å². The molecule has 0 aliphatic carbocycles. The highest BCUT2D eigenvalue weighted by Crippen LogP contribution is 2.29. The molecule has 0 saturated carbocycles. The van der Waals surface area contributed by atoms with E-state index in [0.717, 1.165) is 11.5 Å². The second-order valence-electron chi connectivity index (χ2n) is 6.16. The number of nitrogens with one attached hydrogen (secondary N) is 2. The number of benzene rings is 2. The lowest BCUT2D eigenvalue weighted by atomic mass is 10.2. The van der Waals surface area contributed by atoms with Crippen molar-refractivity contribution in [3.05, 3.63) is 69.6 Å². The van der Waals surface area contributed by atoms with E-state index in [0.29, 0.717) is 12.2 Å². The van der Waals surface area contributed by atoms with Gasteiger partial charge in [-0.15, -0.1) is 0 Å². The van der Waals surface area contributed by atoms with Gasteiger partial charge in [0.2, 0.25) is 10.0 Å². The van der Waals surface area contributed by atoms with Gasteiger partial charge in [-0.1, -0.05) is 30.3 Å². The maximum absolute atomic E-state index is 12.0. The van der Waals surface area contributed by atoms with Crippen LogP contribution in [0.5, 0.6) is 5.75 Å². The third-order valence-corrected chi connectivity index (χ3v) is 4.81. The summed E-state index contributed by atoms with van der Waals surface area (Å²) in [6, 6.07) is 12.6. The predicted molar refractivity (Wildman–Crippen MR) is 116 cm³/mol. The Hall–Kier alpha value is -3.77. The summed E-state index contributed by atoms with van der Waals surface area (Å²) < 4.78 is 35.7. The number of sulfonamides is 1. The van der Waals surface area contributed by atoms with Gasteiger partial charge in [-0.25, -0.2) is 13.1 Å². The zero-order chi connectivity index (χ0) is 23.6. The van der Waals surface area contributed by atoms with Crippen LogP contribution in [0, 0.1) is 10.1 Å². The molecule has 2 aromatic rings. The molecule has 2 N–H and O–H groups in total. The molecule has 2 aromatic carbocycles. The zero-order valence-electron chi connectivity index (χ0n) is 17.0. The number of rotatable bonds is 11. The van der Waals surface area contributed by atoms with Crippen LogP contribution in [0.1, 0.15) is 12.5 Å². The number of hydrogen-bond acceptors (Lipinski definition) is 8. The van der Waals surface area contributed by atoms with Gasteiger partial charge < -0.3 is 14.8 Å². The highest BCUT2D eigenvalue weighted by Gasteiger charge is 2.18. The summed E-state index contributed by atoms with van der Waals surface area (Å²) in [5.41, 5.74) is 0.153. The fourth-order valence-corrected chi connectivity index (χ4v) is 3.10. The Labute approximate surface area is 184 Å². The molecule has 11 nitrogen and oxygen atoms in total. The number of hydrogen-bond donors (Lipinski definition) is 2. The summed E-state index contributed by atoms with van der Waals surface area (Å²) in [6.07, 6.45) is 1.35. The molecule has 0 aliphatic rings. The van der Waals surface area contributed by atoms with Crippen molar-refractivity contribution >= 4 is 39.4 Å². The Morgan fingerprint density at radius 1 is 1.16 bits per heavy atom. The fourth-order valence-electron chi connectivity index (χ4n) is 2.35. The third kappa shape index (κ3) is 8.16. The molecular weight excluding hydrogens is 442 g/mol. The van der Waals surface area contributed by atoms with Crippen LogP contribution in [0.25, 0.3) is 6.08 Å². The van der Waals surface area contributed by atoms with Gasteiger partial charge in [0, 0.05) is 5.41 Å². The molecule has 1 amide bonds. The lowest BCUT2D eigenvalue weighted by Gasteiger charge is -2.09. The van der Waals surface area contributed by atoms with Crippen molar-refractivity contribution < 1.29 is 32.4 Å². The van der Waals surface area contributed by atoms with E-state index in [4.69, 9.17) is 9.47 Å². The van der Waals surface area contributed by atoms with Gasteiger partial charge in [-0.05, 0) is 30.7 Å². The van der Waals surface area contributed by atoms with Gasteiger partial charge in [0.05, 0.1) is 17.6 Å². The van der Waals surface area contributed by atoms with Crippen LogP contribution in [-0.4, -0.2) is 45.0 Å². The van der Waals surface area contributed by atoms with Crippen molar-refractivity contribution in [2.75, 3.05) is 25.1 Å². The maximum atomic E-state index is 12.0. The Balaban J connectivity index is 1.85. The molecule has 12 heteroatoms. The van der Waals surface area contributed by atoms with Crippen LogP contribution in [0.3, 0.4) is 0 Å². The van der Waals surface area contributed by atoms with E-state index in [2.05, 4.69) is 5.32 Å². The number of nitro benzene ring substituents is 1. The average molecular weight is 463 g/mol. The maximum Gasteiger partial charge on any atom is 0.321 e. The Morgan fingerprint density at radius 3 is 2.53 bits per heavy atom. The third-order valence-electron chi connectivity index (χ3n) is 3.77. The second-order valence-corrected chi connectivity index (χ2v) is 7.81. The van der Waals surface area contributed by atoms with Crippen LogP contribution in [0.15, 0.2) is 53.9 Å². The molecule has 2 rings (SSSR count). The van der Waals surface area contributed by atoms with Crippen molar-refractivity contribution in [1.29, 1.82) is 0 Å². The Kier molecular flexibility index (Phi) is 8.86. The molecule has 0 atom stereocenters. The van der Waals surface area contributed by atoms with Crippen LogP contribution >= 0.6 is 0 Å². The summed E-state index contributed by atoms with van der Waals surface area (Å²) in [7, 11) is -3.90. The number of carbonyl (C=O) groups excluding carboxylic acids is 2. The highest BCUT2D eigenvalue weighted by atomic mass is 32.2. The molecule has 0 saturated heterocycles. The van der Waals surface area contributed by atoms with Gasteiger partial charge in [0.1, 0.15) is 18.0 Å². The first-order valence-electron chi connectivity index (χ1n) is 9.29. The minimum atomic E-state index is -3.90. The highest BCUT2D eigenvalue weighted by molar-refractivity contribution is 7.92. The minimum Gasteiger partial charge on any atom is -0.494 e. The quantitative estimate of drug-likeness (QED) is 0.292. The second kappa shape index (κ2) is 11.6. The van der Waals surface area contributed by atoms with Gasteiger partial charge in [0.15, 0.2) is 6.61 Å². The smallest absolute Gasteiger partial charge is 0.321 e. The molecule has 0 unspecified atom stereocenters. The van der Waals surface area contributed by atoms with Gasteiger partial charge in [0.25, 0.3) is 11.6 Å². The number of anilines is 1. The number of carbonyl (C=O) groups is 2. The topological polar surface area (TPSA) is 154 Å². The number of nitro groups is 1. The fraction of sp³-hybridized carbons (Fsp3) is 0.200. The number of amides is 1. The van der Waals surface area contributed by atoms with E-state index in [1.54, 1.807) is 37.3 Å². The van der Waals surface area contributed by atoms with Crippen molar-refractivity contribution in [3.8, 4) is 5.75 Å². The normalized spacial score (nSPS) is 11.2. The number of nitrogens with zero attached hydrogens (tertiary/aromatic N) is 1. The van der Waals surface area contributed by atoms with Gasteiger partial charge in [-0.3, -0.25) is 19.7 Å². The van der Waals surface area contributed by atoms with E-state index >= 15 is 0 Å². The zero-order valence-corrected chi connectivity index (χ0v) is 17.8. The first kappa shape index (κ1) is 24.5. The lowest BCUT2D eigenvalue weighted by molar-refractivity contribution is -0.384. The van der Waals surface area contributed by atoms with Crippen molar-refractivity contribution in [3.63, 3.8) is 0 Å². The molecule has 0 fully saturated rings. The predicted octanol–water partition coefficient (Wildman–Crippen LogP) is 2.07. The molecule has 32 heavy (non-hydrogen) atoms. The molecule has 0 radical (unpaired) electrons. The summed E-state index contributed by atoms with van der Waals surface area (Å²) >= 11 is 0. The van der Waals surface area contributed by atoms with Crippen LogP contribution in [0.4, 0.5) is 11.4 Å². The van der Waals surface area contributed by atoms with Crippen LogP contribution < -0.4 is 14.8 Å². The molecule has 170 valence electrons. The van der Waals surface area contributed by atoms with E-state index in [1.807, 2.05) is 4.72 Å². The molecule has 0 aromatic heterocycles. The van der Waals surface area contributed by atoms with E-state index in [1.165, 1.54) is 18.2 Å². The van der Waals surface area contributed by atoms with Crippen molar-refractivity contribution in [2.24, 2.45) is 0 Å². The average Bonchev–Trinajstić information content (AvgIpc) is 2.77. The van der Waals surface area contributed by atoms with Crippen molar-refractivity contribution in [1.82, 2.24) is 4.72 Å². The van der Waals surface area contributed by atoms with Gasteiger partial charge >= 0.3 is 5.97 Å². The van der Waals surface area contributed by atoms with E-state index < -0.39 is 45.7 Å². The van der Waals surface area contributed by atoms with Crippen LogP contribution in [0.2, 0.25) is 0 Å². The van der Waals surface area contributed by atoms with Gasteiger partial charge in [-0.2, -0.15) is 0 Å². The molecule has 0 aliphatic heterocycles. The largest absolute Gasteiger partial charge is 0.494 e. The Morgan fingerprint density at radius 2 is 1.88 bits per heavy atom. The first-order chi connectivity index (χ1) is 15.2. The number of ether oxygens (including phenoxy) is 2. The first-order valence-corrected chi connectivity index (χ1v) is 10.8. The lowest BCUT2D eigenvalue weighted by Crippen LogP contribution is -2.31. The summed E-state index contributed by atoms with van der Waals surface area (Å²) in [5.74, 6) is -1.58. The Bertz CT molecular complexity index is 1100. The van der Waals surface area contributed by atoms with E-state index in [-0.39, 0.29) is 11.4 Å². The molecular formula is C20H21N3O8S.